The van der Waals surface area contributed by atoms with Gasteiger partial charge in [0.05, 0.1) is 21.9 Å². The fourth-order valence-corrected chi connectivity index (χ4v) is 5.20. The predicted molar refractivity (Wildman–Crippen MR) is 136 cm³/mol. The summed E-state index contributed by atoms with van der Waals surface area (Å²) in [6.07, 6.45) is 2.88. The third-order valence-electron chi connectivity index (χ3n) is 5.15. The molecule has 4 rings (SSSR count). The average molecular weight is 502 g/mol. The standard InChI is InChI=1S/C23H27N5O4S2/c1-3-32-23(29)28-34(2,30)18-8-6-16(7-9-18)26-22-24-15-19(20-5-4-14-33-20)21(27-22)25-17-10-12-31-13-11-17/h4-9,14-15,17H,2-3,10-13H2,1H3,(H,28,29,30)(H2,24,25,26,27). The molecule has 1 aromatic carbocycles. The molecule has 9 nitrogen and oxygen atoms in total. The minimum absolute atomic E-state index is 0.181. The van der Waals surface area contributed by atoms with Crippen molar-refractivity contribution in [2.45, 2.75) is 30.7 Å². The van der Waals surface area contributed by atoms with Crippen molar-refractivity contribution in [2.24, 2.45) is 0 Å². The smallest absolute Gasteiger partial charge is 0.418 e. The van der Waals surface area contributed by atoms with E-state index in [-0.39, 0.29) is 12.6 Å². The SMILES string of the molecule is C=S(=O)(NC(=O)OCC)c1ccc(Nc2ncc(-c3cccs3)c(NC3CCOCC3)n2)cc1. The Balaban J connectivity index is 1.52. The van der Waals surface area contributed by atoms with Gasteiger partial charge in [0.2, 0.25) is 5.95 Å². The number of anilines is 3. The molecule has 0 saturated carbocycles. The van der Waals surface area contributed by atoms with Crippen molar-refractivity contribution in [3.05, 3.63) is 48.0 Å². The number of amides is 1. The van der Waals surface area contributed by atoms with Crippen LogP contribution >= 0.6 is 11.3 Å². The summed E-state index contributed by atoms with van der Waals surface area (Å²) in [5, 5.41) is 8.77. The van der Waals surface area contributed by atoms with Gasteiger partial charge < -0.3 is 20.1 Å². The fraction of sp³-hybridized carbons (Fsp3) is 0.304. The molecule has 0 bridgehead atoms. The summed E-state index contributed by atoms with van der Waals surface area (Å²) in [6.45, 7) is 3.31. The van der Waals surface area contributed by atoms with Crippen molar-refractivity contribution in [3.8, 4) is 10.4 Å². The van der Waals surface area contributed by atoms with Crippen molar-refractivity contribution in [2.75, 3.05) is 30.5 Å². The van der Waals surface area contributed by atoms with Gasteiger partial charge in [0.25, 0.3) is 0 Å². The topological polar surface area (TPSA) is 114 Å². The van der Waals surface area contributed by atoms with Crippen LogP contribution in [-0.4, -0.2) is 52.0 Å². The Morgan fingerprint density at radius 2 is 2.03 bits per heavy atom. The zero-order valence-corrected chi connectivity index (χ0v) is 20.4. The number of nitrogens with zero attached hydrogens (tertiary/aromatic N) is 2. The van der Waals surface area contributed by atoms with E-state index in [0.29, 0.717) is 16.5 Å². The third-order valence-corrected chi connectivity index (χ3v) is 7.59. The largest absolute Gasteiger partial charge is 0.449 e. The van der Waals surface area contributed by atoms with E-state index in [4.69, 9.17) is 14.5 Å². The molecular formula is C23H27N5O4S2. The van der Waals surface area contributed by atoms with E-state index in [9.17, 15) is 9.00 Å². The number of nitrogens with one attached hydrogen (secondary N) is 3. The maximum Gasteiger partial charge on any atom is 0.418 e. The molecule has 34 heavy (non-hydrogen) atoms. The van der Waals surface area contributed by atoms with Crippen LogP contribution in [0.1, 0.15) is 19.8 Å². The van der Waals surface area contributed by atoms with Crippen LogP contribution in [0.25, 0.3) is 10.4 Å². The van der Waals surface area contributed by atoms with Crippen molar-refractivity contribution >= 4 is 50.5 Å². The Morgan fingerprint density at radius 1 is 1.26 bits per heavy atom. The third kappa shape index (κ3) is 6.04. The molecule has 1 atom stereocenters. The number of benzene rings is 1. The molecular weight excluding hydrogens is 474 g/mol. The number of hydrogen-bond donors (Lipinski definition) is 3. The Kier molecular flexibility index (Phi) is 7.66. The molecule has 0 aliphatic carbocycles. The van der Waals surface area contributed by atoms with Crippen LogP contribution in [0.15, 0.2) is 52.9 Å². The number of ether oxygens (including phenoxy) is 2. The van der Waals surface area contributed by atoms with Gasteiger partial charge in [-0.25, -0.2) is 18.7 Å². The van der Waals surface area contributed by atoms with Crippen LogP contribution in [0.4, 0.5) is 22.2 Å². The highest BCUT2D eigenvalue weighted by atomic mass is 32.2. The Hall–Kier alpha value is -3.15. The van der Waals surface area contributed by atoms with Crippen LogP contribution < -0.4 is 15.4 Å². The molecule has 1 unspecified atom stereocenters. The van der Waals surface area contributed by atoms with Crippen molar-refractivity contribution in [1.29, 1.82) is 0 Å². The summed E-state index contributed by atoms with van der Waals surface area (Å²) in [6, 6.07) is 11.1. The predicted octanol–water partition coefficient (Wildman–Crippen LogP) is 4.28. The number of carbonyl (C=O) groups is 1. The van der Waals surface area contributed by atoms with Gasteiger partial charge in [-0.15, -0.1) is 11.3 Å². The van der Waals surface area contributed by atoms with E-state index in [1.165, 1.54) is 0 Å². The lowest BCUT2D eigenvalue weighted by atomic mass is 10.1. The van der Waals surface area contributed by atoms with Gasteiger partial charge in [0.15, 0.2) is 0 Å². The van der Waals surface area contributed by atoms with Gasteiger partial charge in [-0.2, -0.15) is 4.98 Å². The van der Waals surface area contributed by atoms with E-state index >= 15 is 0 Å². The van der Waals surface area contributed by atoms with Crippen LogP contribution in [0.2, 0.25) is 0 Å². The van der Waals surface area contributed by atoms with Gasteiger partial charge in [-0.3, -0.25) is 0 Å². The average Bonchev–Trinajstić information content (AvgIpc) is 3.35. The summed E-state index contributed by atoms with van der Waals surface area (Å²) in [7, 11) is -3.03. The lowest BCUT2D eigenvalue weighted by molar-refractivity contribution is 0.0904. The lowest BCUT2D eigenvalue weighted by Crippen LogP contribution is -2.30. The molecule has 11 heteroatoms. The van der Waals surface area contributed by atoms with Gasteiger partial charge in [0.1, 0.15) is 5.82 Å². The van der Waals surface area contributed by atoms with Crippen LogP contribution in [0, 0.1) is 0 Å². The Labute approximate surface area is 203 Å². The van der Waals surface area contributed by atoms with Gasteiger partial charge in [-0.05, 0) is 61.3 Å². The first kappa shape index (κ1) is 24.0. The molecule has 1 fully saturated rings. The van der Waals surface area contributed by atoms with Crippen molar-refractivity contribution in [3.63, 3.8) is 0 Å². The van der Waals surface area contributed by atoms with Crippen LogP contribution in [0.5, 0.6) is 0 Å². The molecule has 0 spiro atoms. The minimum atomic E-state index is -3.03. The van der Waals surface area contributed by atoms with Crippen molar-refractivity contribution in [1.82, 2.24) is 14.7 Å². The van der Waals surface area contributed by atoms with E-state index < -0.39 is 15.8 Å². The lowest BCUT2D eigenvalue weighted by Gasteiger charge is -2.24. The maximum atomic E-state index is 12.7. The van der Waals surface area contributed by atoms with E-state index in [2.05, 4.69) is 26.2 Å². The molecule has 3 N–H and O–H groups in total. The number of carbonyl (C=O) groups excluding carboxylic acids is 1. The molecule has 1 saturated heterocycles. The molecule has 2 aromatic heterocycles. The van der Waals surface area contributed by atoms with E-state index in [1.54, 1.807) is 42.5 Å². The van der Waals surface area contributed by atoms with Crippen molar-refractivity contribution < 1.29 is 18.5 Å². The molecule has 1 amide bonds. The highest BCUT2D eigenvalue weighted by molar-refractivity contribution is 7.99. The molecule has 180 valence electrons. The number of thiophene rings is 1. The second-order valence-electron chi connectivity index (χ2n) is 7.61. The van der Waals surface area contributed by atoms with Gasteiger partial charge >= 0.3 is 6.09 Å². The summed E-state index contributed by atoms with van der Waals surface area (Å²) < 4.78 is 25.3. The minimum Gasteiger partial charge on any atom is -0.449 e. The van der Waals surface area contributed by atoms with Crippen LogP contribution in [0.3, 0.4) is 0 Å². The normalized spacial score (nSPS) is 15.8. The number of hydrogen-bond acceptors (Lipinski definition) is 9. The summed E-state index contributed by atoms with van der Waals surface area (Å²) >= 11 is 1.64. The van der Waals surface area contributed by atoms with Gasteiger partial charge in [0, 0.05) is 40.9 Å². The first-order valence-corrected chi connectivity index (χ1v) is 13.5. The second kappa shape index (κ2) is 10.9. The first-order chi connectivity index (χ1) is 16.4. The second-order valence-corrected chi connectivity index (χ2v) is 10.6. The fourth-order valence-electron chi connectivity index (χ4n) is 3.44. The van der Waals surface area contributed by atoms with Crippen LogP contribution in [-0.2, 0) is 19.2 Å². The Morgan fingerprint density at radius 3 is 2.71 bits per heavy atom. The number of rotatable bonds is 8. The van der Waals surface area contributed by atoms with E-state index in [0.717, 1.165) is 42.3 Å². The summed E-state index contributed by atoms with van der Waals surface area (Å²) in [5.74, 6) is 4.83. The highest BCUT2D eigenvalue weighted by Gasteiger charge is 2.18. The summed E-state index contributed by atoms with van der Waals surface area (Å²) in [5.41, 5.74) is 1.65. The molecule has 1 aliphatic heterocycles. The molecule has 0 radical (unpaired) electrons. The van der Waals surface area contributed by atoms with E-state index in [1.807, 2.05) is 23.7 Å². The number of aromatic nitrogens is 2. The first-order valence-electron chi connectivity index (χ1n) is 10.9. The monoisotopic (exact) mass is 501 g/mol. The highest BCUT2D eigenvalue weighted by Crippen LogP contribution is 2.32. The summed E-state index contributed by atoms with van der Waals surface area (Å²) in [4.78, 5) is 22.3. The maximum absolute atomic E-state index is 12.7. The molecule has 3 heterocycles. The quantitative estimate of drug-likeness (QED) is 0.392. The zero-order valence-electron chi connectivity index (χ0n) is 18.8. The van der Waals surface area contributed by atoms with Gasteiger partial charge in [-0.1, -0.05) is 6.07 Å². The molecule has 1 aliphatic rings. The zero-order chi connectivity index (χ0) is 24.0. The Bertz CT molecular complexity index is 1210. The molecule has 3 aromatic rings.